The van der Waals surface area contributed by atoms with Crippen LogP contribution in [0.5, 0.6) is 0 Å². The van der Waals surface area contributed by atoms with E-state index >= 15 is 0 Å². The van der Waals surface area contributed by atoms with Gasteiger partial charge in [0.05, 0.1) is 21.8 Å². The van der Waals surface area contributed by atoms with Crippen LogP contribution in [0.15, 0.2) is 39.4 Å². The van der Waals surface area contributed by atoms with Crippen LogP contribution in [0.2, 0.25) is 0 Å². The minimum atomic E-state index is -0.304. The zero-order valence-corrected chi connectivity index (χ0v) is 12.2. The summed E-state index contributed by atoms with van der Waals surface area (Å²) in [7, 11) is 0. The maximum atomic E-state index is 13.5. The van der Waals surface area contributed by atoms with E-state index in [1.807, 2.05) is 16.7 Å². The number of rotatable bonds is 3. The summed E-state index contributed by atoms with van der Waals surface area (Å²) in [5.74, 6) is 0.597. The summed E-state index contributed by atoms with van der Waals surface area (Å²) in [5, 5.41) is 0. The first-order valence-corrected chi connectivity index (χ1v) is 6.95. The average molecular weight is 341 g/mol. The Labute approximate surface area is 122 Å². The van der Waals surface area contributed by atoms with Crippen molar-refractivity contribution in [1.29, 1.82) is 0 Å². The lowest BCUT2D eigenvalue weighted by molar-refractivity contribution is 0.492. The minimum absolute atomic E-state index is 0.304. The maximum absolute atomic E-state index is 13.5. The predicted molar refractivity (Wildman–Crippen MR) is 77.2 cm³/mol. The highest BCUT2D eigenvalue weighted by atomic mass is 79.9. The van der Waals surface area contributed by atoms with Gasteiger partial charge < -0.3 is 14.0 Å². The van der Waals surface area contributed by atoms with Crippen molar-refractivity contribution in [3.05, 3.63) is 51.3 Å². The van der Waals surface area contributed by atoms with E-state index in [-0.39, 0.29) is 5.82 Å². The zero-order chi connectivity index (χ0) is 13.4. The van der Waals surface area contributed by atoms with E-state index in [2.05, 4.69) is 20.9 Å². The lowest BCUT2D eigenvalue weighted by atomic mass is 10.3. The number of furan rings is 1. The van der Waals surface area contributed by atoms with Crippen molar-refractivity contribution in [3.8, 4) is 0 Å². The third-order valence-electron chi connectivity index (χ3n) is 2.98. The summed E-state index contributed by atoms with van der Waals surface area (Å²) < 4.78 is 21.7. The van der Waals surface area contributed by atoms with Gasteiger partial charge >= 0.3 is 0 Å². The largest absolute Gasteiger partial charge is 0.469 e. The van der Waals surface area contributed by atoms with Gasteiger partial charge in [-0.3, -0.25) is 0 Å². The van der Waals surface area contributed by atoms with Gasteiger partial charge in [-0.2, -0.15) is 0 Å². The van der Waals surface area contributed by atoms with Crippen LogP contribution in [0.1, 0.15) is 5.76 Å². The van der Waals surface area contributed by atoms with Crippen LogP contribution in [0.25, 0.3) is 11.0 Å². The van der Waals surface area contributed by atoms with Crippen LogP contribution in [-0.4, -0.2) is 9.55 Å². The average Bonchev–Trinajstić information content (AvgIpc) is 2.96. The molecule has 19 heavy (non-hydrogen) atoms. The second-order valence-corrected chi connectivity index (χ2v) is 5.44. The fourth-order valence-corrected chi connectivity index (χ4v) is 2.68. The van der Waals surface area contributed by atoms with Gasteiger partial charge in [0.2, 0.25) is 0 Å². The first-order chi connectivity index (χ1) is 9.15. The smallest absolute Gasteiger partial charge is 0.178 e. The molecule has 3 nitrogen and oxygen atoms in total. The molecule has 2 aromatic heterocycles. The fraction of sp³-hybridized carbons (Fsp3) is 0.154. The molecule has 3 rings (SSSR count). The first-order valence-electron chi connectivity index (χ1n) is 5.75. The van der Waals surface area contributed by atoms with E-state index in [0.717, 1.165) is 17.7 Å². The number of imidazole rings is 1. The van der Waals surface area contributed by atoms with E-state index in [1.54, 1.807) is 12.3 Å². The van der Waals surface area contributed by atoms with Crippen LogP contribution in [0.3, 0.4) is 0 Å². The molecule has 0 spiro atoms. The molecule has 0 amide bonds. The van der Waals surface area contributed by atoms with Gasteiger partial charge in [0.1, 0.15) is 11.6 Å². The van der Waals surface area contributed by atoms with Gasteiger partial charge in [0.15, 0.2) is 4.77 Å². The van der Waals surface area contributed by atoms with Crippen molar-refractivity contribution < 1.29 is 8.81 Å². The number of hydrogen-bond donors (Lipinski definition) is 1. The molecule has 0 fully saturated rings. The van der Waals surface area contributed by atoms with Gasteiger partial charge in [0, 0.05) is 19.0 Å². The highest BCUT2D eigenvalue weighted by Crippen LogP contribution is 2.23. The molecule has 3 aromatic rings. The topological polar surface area (TPSA) is 33.9 Å². The normalized spacial score (nSPS) is 11.3. The van der Waals surface area contributed by atoms with Crippen molar-refractivity contribution in [2.75, 3.05) is 0 Å². The van der Waals surface area contributed by atoms with Gasteiger partial charge in [-0.15, -0.1) is 0 Å². The third kappa shape index (κ3) is 2.37. The molecule has 0 aliphatic heterocycles. The number of fused-ring (bicyclic) bond motifs is 1. The van der Waals surface area contributed by atoms with E-state index in [9.17, 15) is 4.39 Å². The molecule has 98 valence electrons. The number of benzene rings is 1. The fourth-order valence-electron chi connectivity index (χ4n) is 2.05. The van der Waals surface area contributed by atoms with Crippen molar-refractivity contribution >= 4 is 39.2 Å². The van der Waals surface area contributed by atoms with Crippen LogP contribution in [0, 0.1) is 10.6 Å². The monoisotopic (exact) mass is 340 g/mol. The molecular weight excluding hydrogens is 331 g/mol. The summed E-state index contributed by atoms with van der Waals surface area (Å²) in [6, 6.07) is 6.96. The zero-order valence-electron chi connectivity index (χ0n) is 9.82. The highest BCUT2D eigenvalue weighted by Gasteiger charge is 2.09. The lowest BCUT2D eigenvalue weighted by Crippen LogP contribution is -2.00. The number of nitrogens with zero attached hydrogens (tertiary/aromatic N) is 1. The van der Waals surface area contributed by atoms with Crippen LogP contribution in [0.4, 0.5) is 4.39 Å². The Hall–Kier alpha value is -1.40. The Morgan fingerprint density at radius 1 is 1.42 bits per heavy atom. The Bertz CT molecular complexity index is 776. The molecule has 0 saturated carbocycles. The highest BCUT2D eigenvalue weighted by molar-refractivity contribution is 9.10. The summed E-state index contributed by atoms with van der Waals surface area (Å²) in [6.07, 6.45) is 2.39. The number of nitrogens with one attached hydrogen (secondary N) is 1. The molecule has 6 heteroatoms. The second kappa shape index (κ2) is 4.94. The van der Waals surface area contributed by atoms with Gasteiger partial charge in [-0.1, -0.05) is 0 Å². The van der Waals surface area contributed by atoms with Crippen molar-refractivity contribution in [1.82, 2.24) is 9.55 Å². The van der Waals surface area contributed by atoms with E-state index < -0.39 is 0 Å². The van der Waals surface area contributed by atoms with Crippen LogP contribution >= 0.6 is 28.1 Å². The lowest BCUT2D eigenvalue weighted by Gasteiger charge is -2.03. The Morgan fingerprint density at radius 3 is 3.00 bits per heavy atom. The molecule has 0 unspecified atom stereocenters. The number of H-pyrrole nitrogens is 1. The molecule has 0 atom stereocenters. The van der Waals surface area contributed by atoms with Crippen molar-refractivity contribution in [2.24, 2.45) is 0 Å². The molecule has 0 aliphatic rings. The third-order valence-corrected chi connectivity index (χ3v) is 3.91. The molecule has 0 radical (unpaired) electrons. The van der Waals surface area contributed by atoms with Crippen LogP contribution in [-0.2, 0) is 13.0 Å². The summed E-state index contributed by atoms with van der Waals surface area (Å²) in [6.45, 7) is 0.685. The quantitative estimate of drug-likeness (QED) is 0.715. The Balaban J connectivity index is 2.00. The number of hydrogen-bond acceptors (Lipinski definition) is 2. The SMILES string of the molecule is Fc1cc2[nH]c(=S)n(CCc3ccco3)c2cc1Br. The van der Waals surface area contributed by atoms with Crippen LogP contribution < -0.4 is 0 Å². The Morgan fingerprint density at radius 2 is 2.26 bits per heavy atom. The summed E-state index contributed by atoms with van der Waals surface area (Å²) in [4.78, 5) is 3.01. The molecular formula is C13H10BrFN2OS. The number of halogens is 2. The van der Waals surface area contributed by atoms with Crippen molar-refractivity contribution in [2.45, 2.75) is 13.0 Å². The molecule has 0 saturated heterocycles. The summed E-state index contributed by atoms with van der Waals surface area (Å²) in [5.41, 5.74) is 1.58. The molecule has 0 bridgehead atoms. The molecule has 1 N–H and O–H groups in total. The number of aromatic amines is 1. The Kier molecular flexibility index (Phi) is 3.28. The molecule has 2 heterocycles. The van der Waals surface area contributed by atoms with E-state index in [1.165, 1.54) is 6.07 Å². The predicted octanol–water partition coefficient (Wildman–Crippen LogP) is 4.44. The second-order valence-electron chi connectivity index (χ2n) is 4.19. The van der Waals surface area contributed by atoms with E-state index in [4.69, 9.17) is 16.6 Å². The number of aromatic nitrogens is 2. The van der Waals surface area contributed by atoms with Gasteiger partial charge in [-0.25, -0.2) is 4.39 Å². The maximum Gasteiger partial charge on any atom is 0.178 e. The first kappa shape index (κ1) is 12.6. The summed E-state index contributed by atoms with van der Waals surface area (Å²) >= 11 is 8.47. The number of aryl methyl sites for hydroxylation is 2. The molecule has 0 aliphatic carbocycles. The van der Waals surface area contributed by atoms with Gasteiger partial charge in [0.25, 0.3) is 0 Å². The van der Waals surface area contributed by atoms with Crippen molar-refractivity contribution in [3.63, 3.8) is 0 Å². The molecule has 1 aromatic carbocycles. The van der Waals surface area contributed by atoms with Gasteiger partial charge in [-0.05, 0) is 46.3 Å². The standard InChI is InChI=1S/C13H10BrFN2OS/c14-9-6-12-11(7-10(9)15)16-13(19)17(12)4-3-8-2-1-5-18-8/h1-2,5-7H,3-4H2,(H,16,19). The van der Waals surface area contributed by atoms with E-state index in [0.29, 0.717) is 21.3 Å². The minimum Gasteiger partial charge on any atom is -0.469 e.